The average Bonchev–Trinajstić information content (AvgIpc) is 3.11. The summed E-state index contributed by atoms with van der Waals surface area (Å²) in [5.41, 5.74) is 3.04. The Balaban J connectivity index is 1.89. The molecule has 1 aromatic heterocycles. The molecule has 0 unspecified atom stereocenters. The number of nitrogens with one attached hydrogen (secondary N) is 3. The van der Waals surface area contributed by atoms with Crippen LogP contribution in [0.15, 0.2) is 39.8 Å². The summed E-state index contributed by atoms with van der Waals surface area (Å²) in [4.78, 5) is 16.7. The molecule has 2 rings (SSSR count). The lowest BCUT2D eigenvalue weighted by molar-refractivity contribution is -0.120. The van der Waals surface area contributed by atoms with Crippen LogP contribution in [0.3, 0.4) is 0 Å². The number of aryl methyl sites for hydroxylation is 2. The molecule has 7 nitrogen and oxygen atoms in total. The van der Waals surface area contributed by atoms with E-state index in [1.807, 2.05) is 51.1 Å². The van der Waals surface area contributed by atoms with Gasteiger partial charge in [0.25, 0.3) is 0 Å². The second-order valence-corrected chi connectivity index (χ2v) is 6.05. The maximum Gasteiger partial charge on any atom is 0.239 e. The molecule has 0 fully saturated rings. The quantitative estimate of drug-likeness (QED) is 0.464. The van der Waals surface area contributed by atoms with Crippen LogP contribution in [-0.4, -0.2) is 30.1 Å². The second kappa shape index (κ2) is 11.0. The van der Waals surface area contributed by atoms with Crippen molar-refractivity contribution in [3.05, 3.63) is 52.9 Å². The van der Waals surface area contributed by atoms with Gasteiger partial charge in [-0.2, -0.15) is 0 Å². The number of hydrogen-bond acceptors (Lipinski definition) is 4. The van der Waals surface area contributed by atoms with E-state index in [0.29, 0.717) is 25.6 Å². The van der Waals surface area contributed by atoms with E-state index in [4.69, 9.17) is 4.52 Å². The van der Waals surface area contributed by atoms with Gasteiger partial charge in [0.15, 0.2) is 5.96 Å². The molecule has 146 valence electrons. The van der Waals surface area contributed by atoms with Gasteiger partial charge < -0.3 is 20.5 Å². The van der Waals surface area contributed by atoms with Gasteiger partial charge in [0, 0.05) is 25.1 Å². The lowest BCUT2D eigenvalue weighted by atomic mass is 10.1. The molecule has 0 radical (unpaired) electrons. The standard InChI is InChI=1S/C20H29N5O2/c1-4-17-16(18(5-2)27-25-17)13-23-20(21-6-3)24-14-19(26)22-12-15-10-8-7-9-11-15/h7-11H,4-6,12-14H2,1-3H3,(H,22,26)(H2,21,23,24). The Bertz CT molecular complexity index is 719. The van der Waals surface area contributed by atoms with E-state index in [0.717, 1.165) is 35.4 Å². The summed E-state index contributed by atoms with van der Waals surface area (Å²) in [6.07, 6.45) is 1.59. The molecular weight excluding hydrogens is 342 g/mol. The monoisotopic (exact) mass is 371 g/mol. The number of aliphatic imine (C=N–C) groups is 1. The molecule has 7 heteroatoms. The van der Waals surface area contributed by atoms with Crippen molar-refractivity contribution >= 4 is 11.9 Å². The molecule has 0 aliphatic carbocycles. The Labute approximate surface area is 160 Å². The lowest BCUT2D eigenvalue weighted by Gasteiger charge is -2.11. The highest BCUT2D eigenvalue weighted by Crippen LogP contribution is 2.16. The van der Waals surface area contributed by atoms with Gasteiger partial charge in [-0.3, -0.25) is 4.79 Å². The normalized spacial score (nSPS) is 11.3. The molecule has 3 N–H and O–H groups in total. The molecule has 0 saturated carbocycles. The summed E-state index contributed by atoms with van der Waals surface area (Å²) < 4.78 is 5.38. The third-order valence-corrected chi connectivity index (χ3v) is 4.10. The fourth-order valence-electron chi connectivity index (χ4n) is 2.64. The van der Waals surface area contributed by atoms with Gasteiger partial charge in [-0.25, -0.2) is 4.99 Å². The van der Waals surface area contributed by atoms with Gasteiger partial charge in [0.2, 0.25) is 5.91 Å². The lowest BCUT2D eigenvalue weighted by Crippen LogP contribution is -2.43. The average molecular weight is 371 g/mol. The highest BCUT2D eigenvalue weighted by Gasteiger charge is 2.13. The Kier molecular flexibility index (Phi) is 8.35. The van der Waals surface area contributed by atoms with E-state index in [9.17, 15) is 4.79 Å². The highest BCUT2D eigenvalue weighted by atomic mass is 16.5. The minimum Gasteiger partial charge on any atom is -0.361 e. The van der Waals surface area contributed by atoms with Crippen LogP contribution >= 0.6 is 0 Å². The van der Waals surface area contributed by atoms with Crippen LogP contribution < -0.4 is 16.0 Å². The molecule has 0 aliphatic heterocycles. The first kappa shape index (κ1) is 20.5. The van der Waals surface area contributed by atoms with Gasteiger partial charge in [-0.05, 0) is 18.9 Å². The zero-order valence-electron chi connectivity index (χ0n) is 16.3. The number of amides is 1. The number of nitrogens with zero attached hydrogens (tertiary/aromatic N) is 2. The van der Waals surface area contributed by atoms with Crippen LogP contribution in [0.4, 0.5) is 0 Å². The summed E-state index contributed by atoms with van der Waals surface area (Å²) in [6.45, 7) is 7.91. The van der Waals surface area contributed by atoms with E-state index in [-0.39, 0.29) is 12.5 Å². The predicted molar refractivity (Wildman–Crippen MR) is 106 cm³/mol. The SMILES string of the molecule is CCNC(=NCc1c(CC)noc1CC)NCC(=O)NCc1ccccc1. The summed E-state index contributed by atoms with van der Waals surface area (Å²) in [5.74, 6) is 1.38. The molecule has 1 aromatic carbocycles. The zero-order chi connectivity index (χ0) is 19.5. The molecule has 2 aromatic rings. The Morgan fingerprint density at radius 3 is 2.52 bits per heavy atom. The topological polar surface area (TPSA) is 91.6 Å². The number of carbonyl (C=O) groups is 1. The van der Waals surface area contributed by atoms with Gasteiger partial charge in [0.1, 0.15) is 5.76 Å². The molecule has 0 spiro atoms. The van der Waals surface area contributed by atoms with Crippen LogP contribution in [0.25, 0.3) is 0 Å². The van der Waals surface area contributed by atoms with Gasteiger partial charge in [-0.15, -0.1) is 0 Å². The summed E-state index contributed by atoms with van der Waals surface area (Å²) in [5, 5.41) is 13.2. The minimum atomic E-state index is -0.0853. The van der Waals surface area contributed by atoms with Crippen molar-refractivity contribution in [1.29, 1.82) is 0 Å². The molecule has 0 bridgehead atoms. The summed E-state index contributed by atoms with van der Waals surface area (Å²) in [6, 6.07) is 9.82. The van der Waals surface area contributed by atoms with Crippen molar-refractivity contribution < 1.29 is 9.32 Å². The fraction of sp³-hybridized carbons (Fsp3) is 0.450. The van der Waals surface area contributed by atoms with Gasteiger partial charge in [0.05, 0.1) is 18.8 Å². The van der Waals surface area contributed by atoms with Crippen molar-refractivity contribution in [1.82, 2.24) is 21.1 Å². The summed E-state index contributed by atoms with van der Waals surface area (Å²) in [7, 11) is 0. The highest BCUT2D eigenvalue weighted by molar-refractivity contribution is 5.86. The molecule has 0 saturated heterocycles. The molecule has 0 atom stereocenters. The largest absolute Gasteiger partial charge is 0.361 e. The van der Waals surface area contributed by atoms with Crippen molar-refractivity contribution in [3.8, 4) is 0 Å². The minimum absolute atomic E-state index is 0.0853. The summed E-state index contributed by atoms with van der Waals surface area (Å²) >= 11 is 0. The van der Waals surface area contributed by atoms with E-state index < -0.39 is 0 Å². The number of hydrogen-bond donors (Lipinski definition) is 3. The smallest absolute Gasteiger partial charge is 0.239 e. The molecule has 1 amide bonds. The number of rotatable bonds is 9. The van der Waals surface area contributed by atoms with Crippen LogP contribution in [0.1, 0.15) is 43.4 Å². The Morgan fingerprint density at radius 1 is 1.07 bits per heavy atom. The predicted octanol–water partition coefficient (Wildman–Crippen LogP) is 2.17. The number of carbonyl (C=O) groups excluding carboxylic acids is 1. The molecule has 27 heavy (non-hydrogen) atoms. The third kappa shape index (κ3) is 6.44. The molecule has 1 heterocycles. The first-order chi connectivity index (χ1) is 13.2. The van der Waals surface area contributed by atoms with E-state index in [1.54, 1.807) is 0 Å². The first-order valence-electron chi connectivity index (χ1n) is 9.46. The second-order valence-electron chi connectivity index (χ2n) is 6.05. The third-order valence-electron chi connectivity index (χ3n) is 4.10. The molecule has 0 aliphatic rings. The van der Waals surface area contributed by atoms with E-state index >= 15 is 0 Å². The Morgan fingerprint density at radius 2 is 1.85 bits per heavy atom. The van der Waals surface area contributed by atoms with Crippen LogP contribution in [0, 0.1) is 0 Å². The van der Waals surface area contributed by atoms with Crippen molar-refractivity contribution in [3.63, 3.8) is 0 Å². The van der Waals surface area contributed by atoms with Crippen molar-refractivity contribution in [2.45, 2.75) is 46.7 Å². The van der Waals surface area contributed by atoms with Gasteiger partial charge >= 0.3 is 0 Å². The van der Waals surface area contributed by atoms with E-state index in [1.165, 1.54) is 0 Å². The number of guanidine groups is 1. The van der Waals surface area contributed by atoms with Crippen molar-refractivity contribution in [2.24, 2.45) is 4.99 Å². The number of benzene rings is 1. The Hall–Kier alpha value is -2.83. The van der Waals surface area contributed by atoms with Crippen LogP contribution in [0.2, 0.25) is 0 Å². The zero-order valence-corrected chi connectivity index (χ0v) is 16.3. The van der Waals surface area contributed by atoms with E-state index in [2.05, 4.69) is 26.1 Å². The maximum absolute atomic E-state index is 12.1. The van der Waals surface area contributed by atoms with Gasteiger partial charge in [-0.1, -0.05) is 49.3 Å². The van der Waals surface area contributed by atoms with Crippen LogP contribution in [0.5, 0.6) is 0 Å². The first-order valence-corrected chi connectivity index (χ1v) is 9.46. The van der Waals surface area contributed by atoms with Crippen LogP contribution in [-0.2, 0) is 30.7 Å². The fourth-order valence-corrected chi connectivity index (χ4v) is 2.64. The number of aromatic nitrogens is 1. The van der Waals surface area contributed by atoms with Crippen molar-refractivity contribution in [2.75, 3.05) is 13.1 Å². The maximum atomic E-state index is 12.1. The molecular formula is C20H29N5O2.